The van der Waals surface area contributed by atoms with Gasteiger partial charge in [-0.3, -0.25) is 9.78 Å². The highest BCUT2D eigenvalue weighted by Crippen LogP contribution is 2.48. The molecule has 2 saturated carbocycles. The fraction of sp³-hybridized carbons (Fsp3) is 0.625. The first-order valence-electron chi connectivity index (χ1n) is 7.74. The van der Waals surface area contributed by atoms with E-state index in [9.17, 15) is 4.79 Å². The molecular formula is C16H23N3O. The average molecular weight is 273 g/mol. The molecule has 0 aliphatic heterocycles. The minimum Gasteiger partial charge on any atom is -0.385 e. The van der Waals surface area contributed by atoms with E-state index in [1.54, 1.807) is 6.20 Å². The second kappa shape index (κ2) is 5.81. The molecule has 4 nitrogen and oxygen atoms in total. The summed E-state index contributed by atoms with van der Waals surface area (Å²) < 4.78 is 0. The van der Waals surface area contributed by atoms with Gasteiger partial charge >= 0.3 is 0 Å². The molecule has 20 heavy (non-hydrogen) atoms. The maximum atomic E-state index is 11.8. The Morgan fingerprint density at radius 1 is 1.40 bits per heavy atom. The van der Waals surface area contributed by atoms with Gasteiger partial charge in [0.25, 0.3) is 5.91 Å². The van der Waals surface area contributed by atoms with Crippen LogP contribution in [0.25, 0.3) is 0 Å². The van der Waals surface area contributed by atoms with Crippen LogP contribution in [0.2, 0.25) is 0 Å². The monoisotopic (exact) mass is 273 g/mol. The highest BCUT2D eigenvalue weighted by atomic mass is 16.1. The van der Waals surface area contributed by atoms with Crippen molar-refractivity contribution < 1.29 is 4.79 Å². The lowest BCUT2D eigenvalue weighted by Crippen LogP contribution is -2.24. The van der Waals surface area contributed by atoms with Gasteiger partial charge in [0.2, 0.25) is 0 Å². The summed E-state index contributed by atoms with van der Waals surface area (Å²) in [6.07, 6.45) is 7.38. The Morgan fingerprint density at radius 3 is 3.00 bits per heavy atom. The zero-order chi connectivity index (χ0) is 13.9. The van der Waals surface area contributed by atoms with E-state index in [2.05, 4.69) is 15.6 Å². The Bertz CT molecular complexity index is 488. The molecule has 0 saturated heterocycles. The van der Waals surface area contributed by atoms with Crippen LogP contribution in [0.4, 0.5) is 5.69 Å². The van der Waals surface area contributed by atoms with Gasteiger partial charge < -0.3 is 10.6 Å². The molecule has 2 aliphatic carbocycles. The predicted molar refractivity (Wildman–Crippen MR) is 79.7 cm³/mol. The van der Waals surface area contributed by atoms with Crippen molar-refractivity contribution in [2.75, 3.05) is 18.4 Å². The van der Waals surface area contributed by atoms with Crippen LogP contribution in [0.5, 0.6) is 0 Å². The van der Waals surface area contributed by atoms with Crippen LogP contribution in [0.15, 0.2) is 18.3 Å². The van der Waals surface area contributed by atoms with E-state index >= 15 is 0 Å². The lowest BCUT2D eigenvalue weighted by atomic mass is 9.89. The maximum Gasteiger partial charge on any atom is 0.269 e. The van der Waals surface area contributed by atoms with Crippen molar-refractivity contribution in [3.63, 3.8) is 0 Å². The molecule has 2 fully saturated rings. The molecule has 0 radical (unpaired) electrons. The number of nitrogens with zero attached hydrogens (tertiary/aromatic N) is 1. The molecule has 3 atom stereocenters. The number of rotatable bonds is 5. The average Bonchev–Trinajstić information content (AvgIpc) is 3.08. The van der Waals surface area contributed by atoms with E-state index < -0.39 is 0 Å². The third-order valence-electron chi connectivity index (χ3n) is 4.78. The first kappa shape index (κ1) is 13.4. The summed E-state index contributed by atoms with van der Waals surface area (Å²) in [5, 5.41) is 6.27. The van der Waals surface area contributed by atoms with Crippen LogP contribution in [0.3, 0.4) is 0 Å². The number of carbonyl (C=O) groups excluding carboxylic acids is 1. The highest BCUT2D eigenvalue weighted by Gasteiger charge is 2.38. The number of pyridine rings is 1. The molecule has 0 aromatic carbocycles. The zero-order valence-corrected chi connectivity index (χ0v) is 12.1. The van der Waals surface area contributed by atoms with Crippen molar-refractivity contribution in [2.24, 2.45) is 17.8 Å². The van der Waals surface area contributed by atoms with Crippen LogP contribution in [-0.4, -0.2) is 24.0 Å². The summed E-state index contributed by atoms with van der Waals surface area (Å²) in [5.74, 6) is 2.62. The molecule has 108 valence electrons. The van der Waals surface area contributed by atoms with Gasteiger partial charge in [0.05, 0.1) is 0 Å². The van der Waals surface area contributed by atoms with Crippen molar-refractivity contribution in [3.8, 4) is 0 Å². The van der Waals surface area contributed by atoms with E-state index in [1.807, 2.05) is 19.1 Å². The third-order valence-corrected chi connectivity index (χ3v) is 4.78. The van der Waals surface area contributed by atoms with Crippen LogP contribution >= 0.6 is 0 Å². The summed E-state index contributed by atoms with van der Waals surface area (Å²) in [7, 11) is 0. The Kier molecular flexibility index (Phi) is 3.90. The first-order valence-corrected chi connectivity index (χ1v) is 7.74. The number of anilines is 1. The van der Waals surface area contributed by atoms with E-state index in [4.69, 9.17) is 0 Å². The SMILES string of the molecule is CCNC(=O)c1cc(NCC2CC3CCC2C3)ccn1. The molecule has 2 bridgehead atoms. The largest absolute Gasteiger partial charge is 0.385 e. The van der Waals surface area contributed by atoms with Gasteiger partial charge in [-0.05, 0) is 56.1 Å². The summed E-state index contributed by atoms with van der Waals surface area (Å²) in [4.78, 5) is 15.9. The quantitative estimate of drug-likeness (QED) is 0.867. The third kappa shape index (κ3) is 2.79. The standard InChI is InChI=1S/C16H23N3O/c1-2-17-16(20)15-9-14(5-6-18-15)19-10-13-8-11-3-4-12(13)7-11/h5-6,9,11-13H,2-4,7-8,10H2,1H3,(H,17,20)(H,18,19). The number of hydrogen-bond donors (Lipinski definition) is 2. The van der Waals surface area contributed by atoms with Gasteiger partial charge in [-0.15, -0.1) is 0 Å². The molecule has 3 rings (SSSR count). The van der Waals surface area contributed by atoms with E-state index in [0.29, 0.717) is 12.2 Å². The van der Waals surface area contributed by atoms with Crippen LogP contribution in [-0.2, 0) is 0 Å². The van der Waals surface area contributed by atoms with Gasteiger partial charge in [0, 0.05) is 25.0 Å². The predicted octanol–water partition coefficient (Wildman–Crippen LogP) is 2.68. The van der Waals surface area contributed by atoms with Crippen molar-refractivity contribution >= 4 is 11.6 Å². The first-order chi connectivity index (χ1) is 9.76. The number of fused-ring (bicyclic) bond motifs is 2. The highest BCUT2D eigenvalue weighted by molar-refractivity contribution is 5.93. The fourth-order valence-electron chi connectivity index (χ4n) is 3.79. The van der Waals surface area contributed by atoms with Crippen molar-refractivity contribution in [1.29, 1.82) is 0 Å². The van der Waals surface area contributed by atoms with Gasteiger partial charge in [0.15, 0.2) is 0 Å². The molecular weight excluding hydrogens is 250 g/mol. The molecule has 1 aromatic rings. The zero-order valence-electron chi connectivity index (χ0n) is 12.1. The van der Waals surface area contributed by atoms with Crippen molar-refractivity contribution in [2.45, 2.75) is 32.6 Å². The van der Waals surface area contributed by atoms with E-state index in [1.165, 1.54) is 25.7 Å². The summed E-state index contributed by atoms with van der Waals surface area (Å²) in [6.45, 7) is 3.57. The molecule has 3 unspecified atom stereocenters. The molecule has 2 aliphatic rings. The van der Waals surface area contributed by atoms with Crippen LogP contribution < -0.4 is 10.6 Å². The molecule has 0 spiro atoms. The summed E-state index contributed by atoms with van der Waals surface area (Å²) >= 11 is 0. The Hall–Kier alpha value is -1.58. The summed E-state index contributed by atoms with van der Waals surface area (Å²) in [6, 6.07) is 3.79. The molecule has 1 amide bonds. The molecule has 4 heteroatoms. The normalized spacial score (nSPS) is 27.6. The Morgan fingerprint density at radius 2 is 2.30 bits per heavy atom. The Balaban J connectivity index is 1.57. The number of amides is 1. The minimum atomic E-state index is -0.101. The van der Waals surface area contributed by atoms with Gasteiger partial charge in [-0.1, -0.05) is 6.42 Å². The smallest absolute Gasteiger partial charge is 0.269 e. The van der Waals surface area contributed by atoms with Crippen molar-refractivity contribution in [3.05, 3.63) is 24.0 Å². The lowest BCUT2D eigenvalue weighted by Gasteiger charge is -2.22. The molecule has 1 aromatic heterocycles. The second-order valence-electron chi connectivity index (χ2n) is 6.11. The molecule has 2 N–H and O–H groups in total. The number of nitrogens with one attached hydrogen (secondary N) is 2. The lowest BCUT2D eigenvalue weighted by molar-refractivity contribution is 0.0951. The van der Waals surface area contributed by atoms with E-state index in [-0.39, 0.29) is 5.91 Å². The van der Waals surface area contributed by atoms with E-state index in [0.717, 1.165) is 30.0 Å². The number of hydrogen-bond acceptors (Lipinski definition) is 3. The van der Waals surface area contributed by atoms with Gasteiger partial charge in [-0.25, -0.2) is 0 Å². The minimum absolute atomic E-state index is 0.101. The Labute approximate surface area is 120 Å². The number of aromatic nitrogens is 1. The van der Waals surface area contributed by atoms with Gasteiger partial charge in [-0.2, -0.15) is 0 Å². The fourth-order valence-corrected chi connectivity index (χ4v) is 3.79. The maximum absolute atomic E-state index is 11.8. The number of carbonyl (C=O) groups is 1. The van der Waals surface area contributed by atoms with Crippen LogP contribution in [0.1, 0.15) is 43.1 Å². The summed E-state index contributed by atoms with van der Waals surface area (Å²) in [5.41, 5.74) is 1.49. The second-order valence-corrected chi connectivity index (χ2v) is 6.11. The topological polar surface area (TPSA) is 54.0 Å². The van der Waals surface area contributed by atoms with Gasteiger partial charge in [0.1, 0.15) is 5.69 Å². The van der Waals surface area contributed by atoms with Crippen LogP contribution in [0, 0.1) is 17.8 Å². The van der Waals surface area contributed by atoms with Crippen molar-refractivity contribution in [1.82, 2.24) is 10.3 Å². The molecule has 1 heterocycles.